The molecule has 0 aliphatic rings. The summed E-state index contributed by atoms with van der Waals surface area (Å²) in [6, 6.07) is 10.0. The van der Waals surface area contributed by atoms with E-state index in [2.05, 4.69) is 15.5 Å². The Balaban J connectivity index is 1.78. The third kappa shape index (κ3) is 5.59. The van der Waals surface area contributed by atoms with E-state index in [-0.39, 0.29) is 34.8 Å². The summed E-state index contributed by atoms with van der Waals surface area (Å²) in [7, 11) is 2.82. The maximum atomic E-state index is 12.8. The van der Waals surface area contributed by atoms with Crippen LogP contribution in [0.2, 0.25) is 0 Å². The molecule has 3 N–H and O–H groups in total. The molecular weight excluding hydrogens is 428 g/mol. The Morgan fingerprint density at radius 3 is 2.15 bits per heavy atom. The topological polar surface area (TPSA) is 139 Å². The van der Waals surface area contributed by atoms with Crippen LogP contribution in [0.4, 0.5) is 5.69 Å². The first kappa shape index (κ1) is 23.6. The van der Waals surface area contributed by atoms with Crippen LogP contribution in [0.5, 0.6) is 17.2 Å². The Hall–Kier alpha value is -4.08. The van der Waals surface area contributed by atoms with Gasteiger partial charge in [0.25, 0.3) is 11.8 Å². The van der Waals surface area contributed by atoms with Crippen molar-refractivity contribution in [2.45, 2.75) is 26.2 Å². The molecule has 0 bridgehead atoms. The molecule has 1 heterocycles. The second-order valence-electron chi connectivity index (χ2n) is 8.17. The van der Waals surface area contributed by atoms with E-state index in [9.17, 15) is 9.59 Å². The average molecular weight is 454 g/mol. The van der Waals surface area contributed by atoms with Crippen LogP contribution < -0.4 is 25.3 Å². The number of aromatic nitrogens is 2. The van der Waals surface area contributed by atoms with E-state index < -0.39 is 11.8 Å². The van der Waals surface area contributed by atoms with Crippen LogP contribution >= 0.6 is 0 Å². The molecule has 0 saturated carbocycles. The van der Waals surface area contributed by atoms with E-state index in [0.717, 1.165) is 5.56 Å². The van der Waals surface area contributed by atoms with Crippen molar-refractivity contribution in [3.63, 3.8) is 0 Å². The maximum absolute atomic E-state index is 12.8. The number of methoxy groups -OCH3 is 2. The molecule has 2 aromatic carbocycles. The molecule has 33 heavy (non-hydrogen) atoms. The SMILES string of the molecule is COc1cc(C(=O)Nc2ccc(-c3noc(C(C)(C)C)n3)cc2)cc(OC)c1OCC(N)=O. The summed E-state index contributed by atoms with van der Waals surface area (Å²) in [6.07, 6.45) is 0. The van der Waals surface area contributed by atoms with Gasteiger partial charge in [0.15, 0.2) is 18.1 Å². The fourth-order valence-corrected chi connectivity index (χ4v) is 2.85. The molecule has 0 aliphatic heterocycles. The summed E-state index contributed by atoms with van der Waals surface area (Å²) >= 11 is 0. The number of rotatable bonds is 8. The van der Waals surface area contributed by atoms with Gasteiger partial charge in [-0.25, -0.2) is 0 Å². The van der Waals surface area contributed by atoms with Crippen molar-refractivity contribution in [2.24, 2.45) is 5.73 Å². The molecule has 0 atom stereocenters. The highest BCUT2D eigenvalue weighted by atomic mass is 16.5. The van der Waals surface area contributed by atoms with E-state index in [1.807, 2.05) is 20.8 Å². The molecule has 0 radical (unpaired) electrons. The Morgan fingerprint density at radius 2 is 1.67 bits per heavy atom. The van der Waals surface area contributed by atoms with Crippen molar-refractivity contribution in [1.82, 2.24) is 10.1 Å². The fraction of sp³-hybridized carbons (Fsp3) is 0.304. The lowest BCUT2D eigenvalue weighted by atomic mass is 9.97. The second-order valence-corrected chi connectivity index (χ2v) is 8.17. The molecule has 0 fully saturated rings. The van der Waals surface area contributed by atoms with Crippen molar-refractivity contribution >= 4 is 17.5 Å². The molecule has 10 heteroatoms. The zero-order valence-electron chi connectivity index (χ0n) is 19.1. The van der Waals surface area contributed by atoms with E-state index in [1.165, 1.54) is 26.4 Å². The number of nitrogens with two attached hydrogens (primary N) is 1. The van der Waals surface area contributed by atoms with E-state index in [1.54, 1.807) is 24.3 Å². The van der Waals surface area contributed by atoms with Gasteiger partial charge in [-0.1, -0.05) is 25.9 Å². The van der Waals surface area contributed by atoms with Gasteiger partial charge in [0.1, 0.15) is 0 Å². The minimum absolute atomic E-state index is 0.175. The number of primary amides is 1. The number of carbonyl (C=O) groups excluding carboxylic acids is 2. The third-order valence-electron chi connectivity index (χ3n) is 4.55. The monoisotopic (exact) mass is 454 g/mol. The molecule has 10 nitrogen and oxygen atoms in total. The van der Waals surface area contributed by atoms with Crippen molar-refractivity contribution in [3.05, 3.63) is 47.9 Å². The largest absolute Gasteiger partial charge is 0.493 e. The molecule has 0 aliphatic carbocycles. The Morgan fingerprint density at radius 1 is 1.06 bits per heavy atom. The lowest BCUT2D eigenvalue weighted by Gasteiger charge is -2.15. The molecule has 3 aromatic rings. The molecule has 174 valence electrons. The van der Waals surface area contributed by atoms with Crippen molar-refractivity contribution in [1.29, 1.82) is 0 Å². The number of hydrogen-bond donors (Lipinski definition) is 2. The maximum Gasteiger partial charge on any atom is 0.255 e. The lowest BCUT2D eigenvalue weighted by molar-refractivity contribution is -0.120. The highest BCUT2D eigenvalue weighted by Gasteiger charge is 2.22. The number of anilines is 1. The summed E-state index contributed by atoms with van der Waals surface area (Å²) in [5.41, 5.74) is 6.48. The number of amides is 2. The Kier molecular flexibility index (Phi) is 6.86. The van der Waals surface area contributed by atoms with Gasteiger partial charge in [0.2, 0.25) is 17.5 Å². The van der Waals surface area contributed by atoms with Crippen molar-refractivity contribution in [2.75, 3.05) is 26.1 Å². The predicted octanol–water partition coefficient (Wildman–Crippen LogP) is 3.17. The van der Waals surface area contributed by atoms with Gasteiger partial charge in [-0.2, -0.15) is 4.98 Å². The standard InChI is InChI=1S/C23H26N4O6/c1-23(2,3)22-26-20(27-33-22)13-6-8-15(9-7-13)25-21(29)14-10-16(30-4)19(17(11-14)31-5)32-12-18(24)28/h6-11H,12H2,1-5H3,(H2,24,28)(H,25,29). The number of nitrogens with one attached hydrogen (secondary N) is 1. The molecule has 0 saturated heterocycles. The number of benzene rings is 2. The van der Waals surface area contributed by atoms with Gasteiger partial charge in [0, 0.05) is 22.2 Å². The highest BCUT2D eigenvalue weighted by molar-refractivity contribution is 6.05. The van der Waals surface area contributed by atoms with Crippen molar-refractivity contribution < 1.29 is 28.3 Å². The number of carbonyl (C=O) groups is 2. The summed E-state index contributed by atoms with van der Waals surface area (Å²) in [5, 5.41) is 6.83. The molecule has 3 rings (SSSR count). The van der Waals surface area contributed by atoms with Crippen LogP contribution in [0, 0.1) is 0 Å². The zero-order valence-corrected chi connectivity index (χ0v) is 19.1. The number of nitrogens with zero attached hydrogens (tertiary/aromatic N) is 2. The minimum Gasteiger partial charge on any atom is -0.493 e. The van der Waals surface area contributed by atoms with Crippen LogP contribution in [0.1, 0.15) is 37.0 Å². The zero-order chi connectivity index (χ0) is 24.2. The lowest BCUT2D eigenvalue weighted by Crippen LogP contribution is -2.20. The van der Waals surface area contributed by atoms with Gasteiger partial charge in [-0.3, -0.25) is 9.59 Å². The quantitative estimate of drug-likeness (QED) is 0.529. The predicted molar refractivity (Wildman–Crippen MR) is 121 cm³/mol. The number of ether oxygens (including phenoxy) is 3. The van der Waals surface area contributed by atoms with Gasteiger partial charge in [-0.15, -0.1) is 0 Å². The molecule has 0 spiro atoms. The van der Waals surface area contributed by atoms with Crippen LogP contribution in [0.3, 0.4) is 0 Å². The summed E-state index contributed by atoms with van der Waals surface area (Å²) in [4.78, 5) is 28.3. The van der Waals surface area contributed by atoms with Crippen molar-refractivity contribution in [3.8, 4) is 28.6 Å². The minimum atomic E-state index is -0.653. The van der Waals surface area contributed by atoms with E-state index >= 15 is 0 Å². The Labute approximate surface area is 191 Å². The first-order chi connectivity index (χ1) is 15.6. The molecular formula is C23H26N4O6. The van der Waals surface area contributed by atoms with Crippen LogP contribution in [-0.2, 0) is 10.2 Å². The first-order valence-electron chi connectivity index (χ1n) is 10.1. The molecule has 2 amide bonds. The van der Waals surface area contributed by atoms with Crippen LogP contribution in [-0.4, -0.2) is 42.8 Å². The fourth-order valence-electron chi connectivity index (χ4n) is 2.85. The first-order valence-corrected chi connectivity index (χ1v) is 10.1. The van der Waals surface area contributed by atoms with E-state index in [0.29, 0.717) is 17.4 Å². The van der Waals surface area contributed by atoms with Crippen LogP contribution in [0.25, 0.3) is 11.4 Å². The summed E-state index contributed by atoms with van der Waals surface area (Å²) in [6.45, 7) is 5.61. The highest BCUT2D eigenvalue weighted by Crippen LogP contribution is 2.38. The molecule has 0 unspecified atom stereocenters. The summed E-state index contributed by atoms with van der Waals surface area (Å²) in [5.74, 6) is 0.593. The normalized spacial score (nSPS) is 11.1. The van der Waals surface area contributed by atoms with E-state index in [4.69, 9.17) is 24.5 Å². The van der Waals surface area contributed by atoms with Crippen LogP contribution in [0.15, 0.2) is 40.9 Å². The van der Waals surface area contributed by atoms with Gasteiger partial charge in [0.05, 0.1) is 14.2 Å². The smallest absolute Gasteiger partial charge is 0.255 e. The Bertz CT molecular complexity index is 1120. The molecule has 1 aromatic heterocycles. The summed E-state index contributed by atoms with van der Waals surface area (Å²) < 4.78 is 21.3. The van der Waals surface area contributed by atoms with Gasteiger partial charge < -0.3 is 29.8 Å². The number of hydrogen-bond acceptors (Lipinski definition) is 8. The van der Waals surface area contributed by atoms with Gasteiger partial charge >= 0.3 is 0 Å². The second kappa shape index (κ2) is 9.60. The third-order valence-corrected chi connectivity index (χ3v) is 4.55. The van der Waals surface area contributed by atoms with Gasteiger partial charge in [-0.05, 0) is 36.4 Å². The average Bonchev–Trinajstić information content (AvgIpc) is 3.28.